The number of halogens is 2. The molecule has 1 unspecified atom stereocenters. The topological polar surface area (TPSA) is 86.8 Å². The van der Waals surface area contributed by atoms with Crippen molar-refractivity contribution >= 4 is 55.1 Å². The fraction of sp³-hybridized carbons (Fsp3) is 0.391. The van der Waals surface area contributed by atoms with Gasteiger partial charge in [0.2, 0.25) is 21.8 Å². The predicted molar refractivity (Wildman–Crippen MR) is 136 cm³/mol. The summed E-state index contributed by atoms with van der Waals surface area (Å²) in [6.45, 7) is 6.72. The summed E-state index contributed by atoms with van der Waals surface area (Å²) < 4.78 is 27.1. The van der Waals surface area contributed by atoms with Gasteiger partial charge in [-0.2, -0.15) is 0 Å². The third-order valence-corrected chi connectivity index (χ3v) is 6.86. The Kier molecular flexibility index (Phi) is 9.34. The van der Waals surface area contributed by atoms with Gasteiger partial charge in [0.1, 0.15) is 12.6 Å². The zero-order valence-corrected chi connectivity index (χ0v) is 22.5. The zero-order valence-electron chi connectivity index (χ0n) is 19.3. The average molecular weight is 559 g/mol. The molecule has 0 heterocycles. The Morgan fingerprint density at radius 2 is 1.70 bits per heavy atom. The van der Waals surface area contributed by atoms with Crippen LogP contribution >= 0.6 is 27.5 Å². The van der Waals surface area contributed by atoms with Crippen LogP contribution in [0.4, 0.5) is 5.69 Å². The smallest absolute Gasteiger partial charge is 0.244 e. The summed E-state index contributed by atoms with van der Waals surface area (Å²) in [5.74, 6) is -0.812. The van der Waals surface area contributed by atoms with Crippen LogP contribution in [-0.2, 0) is 26.2 Å². The van der Waals surface area contributed by atoms with Crippen LogP contribution in [0, 0.1) is 6.92 Å². The van der Waals surface area contributed by atoms with Crippen LogP contribution in [-0.4, -0.2) is 50.0 Å². The van der Waals surface area contributed by atoms with E-state index in [1.165, 1.54) is 4.90 Å². The van der Waals surface area contributed by atoms with E-state index in [2.05, 4.69) is 21.2 Å². The van der Waals surface area contributed by atoms with Crippen molar-refractivity contribution < 1.29 is 18.0 Å². The predicted octanol–water partition coefficient (Wildman–Crippen LogP) is 4.12. The lowest BCUT2D eigenvalue weighted by Crippen LogP contribution is -2.52. The Bertz CT molecular complexity index is 1110. The number of hydrogen-bond donors (Lipinski definition) is 1. The molecule has 2 rings (SSSR count). The lowest BCUT2D eigenvalue weighted by molar-refractivity contribution is -0.139. The van der Waals surface area contributed by atoms with E-state index in [1.807, 2.05) is 38.1 Å². The first-order chi connectivity index (χ1) is 15.3. The number of aryl methyl sites for hydroxylation is 1. The molecule has 0 saturated heterocycles. The molecule has 0 bridgehead atoms. The molecular formula is C23H29BrClN3O4S. The molecule has 7 nitrogen and oxygen atoms in total. The van der Waals surface area contributed by atoms with Crippen molar-refractivity contribution in [1.82, 2.24) is 10.2 Å². The summed E-state index contributed by atoms with van der Waals surface area (Å²) in [4.78, 5) is 27.6. The number of nitrogens with one attached hydrogen (secondary N) is 1. The normalized spacial score (nSPS) is 12.4. The van der Waals surface area contributed by atoms with Gasteiger partial charge in [-0.1, -0.05) is 39.7 Å². The Balaban J connectivity index is 2.41. The maximum absolute atomic E-state index is 13.5. The summed E-state index contributed by atoms with van der Waals surface area (Å²) >= 11 is 9.41. The maximum atomic E-state index is 13.5. The molecule has 0 aromatic heterocycles. The van der Waals surface area contributed by atoms with E-state index < -0.39 is 28.5 Å². The van der Waals surface area contributed by atoms with Gasteiger partial charge >= 0.3 is 0 Å². The Labute approximate surface area is 209 Å². The second-order valence-corrected chi connectivity index (χ2v) is 11.4. The van der Waals surface area contributed by atoms with Crippen molar-refractivity contribution in [2.75, 3.05) is 17.1 Å². The van der Waals surface area contributed by atoms with Gasteiger partial charge in [-0.3, -0.25) is 13.9 Å². The lowest BCUT2D eigenvalue weighted by Gasteiger charge is -2.32. The molecule has 0 fully saturated rings. The van der Waals surface area contributed by atoms with E-state index in [4.69, 9.17) is 11.6 Å². The van der Waals surface area contributed by atoms with Crippen molar-refractivity contribution in [3.8, 4) is 0 Å². The second-order valence-electron chi connectivity index (χ2n) is 8.19. The Morgan fingerprint density at radius 1 is 1.09 bits per heavy atom. The number of amides is 2. The van der Waals surface area contributed by atoms with Gasteiger partial charge in [-0.25, -0.2) is 8.42 Å². The summed E-state index contributed by atoms with van der Waals surface area (Å²) in [6, 6.07) is 11.2. The number of carbonyl (C=O) groups excluding carboxylic acids is 2. The van der Waals surface area contributed by atoms with Crippen LogP contribution in [0.15, 0.2) is 46.9 Å². The monoisotopic (exact) mass is 557 g/mol. The average Bonchev–Trinajstić information content (AvgIpc) is 2.70. The Morgan fingerprint density at radius 3 is 2.21 bits per heavy atom. The summed E-state index contributed by atoms with van der Waals surface area (Å²) in [7, 11) is -3.79. The molecule has 0 spiro atoms. The summed E-state index contributed by atoms with van der Waals surface area (Å²) in [5, 5.41) is 3.28. The van der Waals surface area contributed by atoms with Gasteiger partial charge in [0.15, 0.2) is 0 Å². The van der Waals surface area contributed by atoms with Crippen molar-refractivity contribution in [2.45, 2.75) is 46.3 Å². The highest BCUT2D eigenvalue weighted by atomic mass is 79.9. The fourth-order valence-corrected chi connectivity index (χ4v) is 4.67. The second kappa shape index (κ2) is 11.4. The quantitative estimate of drug-likeness (QED) is 0.502. The number of anilines is 1. The summed E-state index contributed by atoms with van der Waals surface area (Å²) in [6.07, 6.45) is 1.04. The minimum absolute atomic E-state index is 0.103. The molecule has 10 heteroatoms. The largest absolute Gasteiger partial charge is 0.352 e. The molecule has 0 saturated carbocycles. The van der Waals surface area contributed by atoms with Crippen LogP contribution in [0.5, 0.6) is 0 Å². The number of nitrogens with zero attached hydrogens (tertiary/aromatic N) is 2. The molecule has 33 heavy (non-hydrogen) atoms. The third kappa shape index (κ3) is 7.72. The summed E-state index contributed by atoms with van der Waals surface area (Å²) in [5.41, 5.74) is 1.79. The molecule has 2 aromatic rings. The van der Waals surface area contributed by atoms with Gasteiger partial charge in [-0.05, 0) is 69.2 Å². The van der Waals surface area contributed by atoms with Crippen molar-refractivity contribution in [3.05, 3.63) is 63.1 Å². The van der Waals surface area contributed by atoms with Crippen LogP contribution in [0.2, 0.25) is 5.02 Å². The first-order valence-electron chi connectivity index (χ1n) is 10.4. The first kappa shape index (κ1) is 27.1. The van der Waals surface area contributed by atoms with Crippen molar-refractivity contribution in [1.29, 1.82) is 0 Å². The molecule has 0 radical (unpaired) electrons. The minimum atomic E-state index is -3.79. The molecule has 180 valence electrons. The molecular weight excluding hydrogens is 530 g/mol. The lowest BCUT2D eigenvalue weighted by atomic mass is 10.1. The van der Waals surface area contributed by atoms with E-state index in [-0.39, 0.29) is 18.5 Å². The van der Waals surface area contributed by atoms with Gasteiger partial charge in [0.25, 0.3) is 0 Å². The standard InChI is InChI=1S/C23H29BrClN3O4S/c1-15(2)26-23(30)17(4)27(13-18-6-8-19(24)9-7-18)22(29)14-28(33(5,31)32)21-11-10-20(25)12-16(21)3/h6-12,15,17H,13-14H2,1-5H3,(H,26,30). The van der Waals surface area contributed by atoms with Gasteiger partial charge in [-0.15, -0.1) is 0 Å². The fourth-order valence-electron chi connectivity index (χ4n) is 3.27. The number of carbonyl (C=O) groups is 2. The first-order valence-corrected chi connectivity index (χ1v) is 13.4. The van der Waals surface area contributed by atoms with Crippen LogP contribution in [0.3, 0.4) is 0 Å². The molecule has 0 aliphatic carbocycles. The van der Waals surface area contributed by atoms with E-state index in [0.717, 1.165) is 20.6 Å². The van der Waals surface area contributed by atoms with Crippen molar-refractivity contribution in [3.63, 3.8) is 0 Å². The van der Waals surface area contributed by atoms with Crippen LogP contribution in [0.1, 0.15) is 31.9 Å². The molecule has 2 amide bonds. The van der Waals surface area contributed by atoms with E-state index in [9.17, 15) is 18.0 Å². The number of hydrogen-bond acceptors (Lipinski definition) is 4. The molecule has 1 N–H and O–H groups in total. The molecule has 2 aromatic carbocycles. The van der Waals surface area contributed by atoms with Crippen LogP contribution in [0.25, 0.3) is 0 Å². The highest BCUT2D eigenvalue weighted by molar-refractivity contribution is 9.10. The molecule has 0 aliphatic rings. The van der Waals surface area contributed by atoms with E-state index >= 15 is 0 Å². The van der Waals surface area contributed by atoms with Gasteiger partial charge in [0, 0.05) is 22.1 Å². The SMILES string of the molecule is Cc1cc(Cl)ccc1N(CC(=O)N(Cc1ccc(Br)cc1)C(C)C(=O)NC(C)C)S(C)(=O)=O. The van der Waals surface area contributed by atoms with Gasteiger partial charge in [0.05, 0.1) is 11.9 Å². The number of sulfonamides is 1. The number of benzene rings is 2. The maximum Gasteiger partial charge on any atom is 0.244 e. The Hall–Kier alpha value is -2.10. The van der Waals surface area contributed by atoms with Gasteiger partial charge < -0.3 is 10.2 Å². The van der Waals surface area contributed by atoms with Crippen molar-refractivity contribution in [2.24, 2.45) is 0 Å². The van der Waals surface area contributed by atoms with E-state index in [1.54, 1.807) is 32.0 Å². The van der Waals surface area contributed by atoms with E-state index in [0.29, 0.717) is 16.3 Å². The molecule has 0 aliphatic heterocycles. The van der Waals surface area contributed by atoms with Crippen LogP contribution < -0.4 is 9.62 Å². The highest BCUT2D eigenvalue weighted by Crippen LogP contribution is 2.26. The highest BCUT2D eigenvalue weighted by Gasteiger charge is 2.30. The minimum Gasteiger partial charge on any atom is -0.352 e. The third-order valence-electron chi connectivity index (χ3n) is 4.97. The molecule has 1 atom stereocenters. The zero-order chi connectivity index (χ0) is 24.9. The number of rotatable bonds is 9.